The van der Waals surface area contributed by atoms with E-state index in [1.54, 1.807) is 0 Å². The lowest BCUT2D eigenvalue weighted by molar-refractivity contribution is -0.759. The molecule has 2 nitrogen and oxygen atoms in total. The van der Waals surface area contributed by atoms with Gasteiger partial charge < -0.3 is 0 Å². The summed E-state index contributed by atoms with van der Waals surface area (Å²) in [6, 6.07) is 29.4. The van der Waals surface area contributed by atoms with Gasteiger partial charge in [0.05, 0.1) is 0 Å². The van der Waals surface area contributed by atoms with E-state index < -0.39 is 0 Å². The van der Waals surface area contributed by atoms with Crippen LogP contribution in [0.25, 0.3) is 10.8 Å². The second kappa shape index (κ2) is 6.01. The van der Waals surface area contributed by atoms with Crippen molar-refractivity contribution >= 4 is 10.8 Å². The van der Waals surface area contributed by atoms with Crippen molar-refractivity contribution in [3.63, 3.8) is 0 Å². The molecule has 0 fully saturated rings. The van der Waals surface area contributed by atoms with Crippen molar-refractivity contribution in [2.75, 3.05) is 0 Å². The molecule has 4 aromatic rings. The summed E-state index contributed by atoms with van der Waals surface area (Å²) in [5, 5.41) is 7.03. The Labute approximate surface area is 135 Å². The molecule has 4 rings (SSSR count). The zero-order valence-corrected chi connectivity index (χ0v) is 12.7. The third-order valence-electron chi connectivity index (χ3n) is 4.09. The lowest BCUT2D eigenvalue weighted by atomic mass is 9.99. The minimum atomic E-state index is 0.0713. The zero-order chi connectivity index (χ0) is 15.5. The van der Waals surface area contributed by atoms with Gasteiger partial charge in [-0.3, -0.25) is 0 Å². The fourth-order valence-corrected chi connectivity index (χ4v) is 2.96. The van der Waals surface area contributed by atoms with E-state index >= 15 is 0 Å². The molecule has 0 spiro atoms. The monoisotopic (exact) mass is 297 g/mol. The van der Waals surface area contributed by atoms with Crippen LogP contribution in [0.5, 0.6) is 0 Å². The van der Waals surface area contributed by atoms with Crippen molar-refractivity contribution in [2.24, 2.45) is 0 Å². The number of aromatic nitrogens is 2. The van der Waals surface area contributed by atoms with Crippen LogP contribution >= 0.6 is 0 Å². The number of rotatable bonds is 3. The molecule has 0 aliphatic rings. The number of hydrogen-bond acceptors (Lipinski definition) is 1. The van der Waals surface area contributed by atoms with Gasteiger partial charge in [0.2, 0.25) is 12.2 Å². The van der Waals surface area contributed by atoms with Crippen molar-refractivity contribution in [3.05, 3.63) is 108 Å². The van der Waals surface area contributed by atoms with Gasteiger partial charge >= 0.3 is 0 Å². The SMILES string of the molecule is c1ccc(C(c2ccccc2)[n+]2cc3ccccc3cn2)cc1. The molecular weight excluding hydrogens is 280 g/mol. The fourth-order valence-electron chi connectivity index (χ4n) is 2.96. The van der Waals surface area contributed by atoms with Crippen LogP contribution < -0.4 is 4.68 Å². The summed E-state index contributed by atoms with van der Waals surface area (Å²) in [7, 11) is 0. The van der Waals surface area contributed by atoms with Crippen LogP contribution in [0.2, 0.25) is 0 Å². The molecule has 110 valence electrons. The van der Waals surface area contributed by atoms with E-state index in [9.17, 15) is 0 Å². The minimum Gasteiger partial charge on any atom is -0.0792 e. The van der Waals surface area contributed by atoms with E-state index in [0.717, 1.165) is 5.39 Å². The van der Waals surface area contributed by atoms with Crippen LogP contribution in [-0.2, 0) is 0 Å². The number of nitrogens with zero attached hydrogens (tertiary/aromatic N) is 2. The summed E-state index contributed by atoms with van der Waals surface area (Å²) < 4.78 is 2.05. The van der Waals surface area contributed by atoms with Crippen LogP contribution in [0.15, 0.2) is 97.3 Å². The first-order valence-electron chi connectivity index (χ1n) is 7.78. The molecule has 0 bridgehead atoms. The van der Waals surface area contributed by atoms with Crippen LogP contribution in [0.4, 0.5) is 0 Å². The zero-order valence-electron chi connectivity index (χ0n) is 12.7. The molecule has 0 radical (unpaired) electrons. The summed E-state index contributed by atoms with van der Waals surface area (Å²) >= 11 is 0. The second-order valence-corrected chi connectivity index (χ2v) is 5.61. The maximum absolute atomic E-state index is 4.68. The summed E-state index contributed by atoms with van der Waals surface area (Å²) in [6.45, 7) is 0. The third-order valence-corrected chi connectivity index (χ3v) is 4.09. The smallest absolute Gasteiger partial charge is 0.0792 e. The Morgan fingerprint density at radius 3 is 1.74 bits per heavy atom. The quantitative estimate of drug-likeness (QED) is 0.519. The van der Waals surface area contributed by atoms with Gasteiger partial charge in [0.25, 0.3) is 0 Å². The van der Waals surface area contributed by atoms with E-state index in [1.165, 1.54) is 16.5 Å². The molecule has 0 aliphatic heterocycles. The van der Waals surface area contributed by atoms with Crippen molar-refractivity contribution in [1.82, 2.24) is 5.10 Å². The van der Waals surface area contributed by atoms with E-state index in [4.69, 9.17) is 0 Å². The normalized spacial score (nSPS) is 11.0. The molecule has 0 aliphatic carbocycles. The van der Waals surface area contributed by atoms with Crippen molar-refractivity contribution in [3.8, 4) is 0 Å². The molecule has 3 aromatic carbocycles. The van der Waals surface area contributed by atoms with E-state index in [2.05, 4.69) is 78.0 Å². The Hall–Kier alpha value is -3.00. The average Bonchev–Trinajstić information content (AvgIpc) is 2.64. The molecular formula is C21H17N2+. The van der Waals surface area contributed by atoms with Crippen LogP contribution in [0.3, 0.4) is 0 Å². The predicted molar refractivity (Wildman–Crippen MR) is 92.1 cm³/mol. The highest BCUT2D eigenvalue weighted by Crippen LogP contribution is 2.21. The largest absolute Gasteiger partial charge is 0.234 e. The van der Waals surface area contributed by atoms with E-state index in [0.29, 0.717) is 0 Å². The summed E-state index contributed by atoms with van der Waals surface area (Å²) in [4.78, 5) is 0. The Morgan fingerprint density at radius 2 is 1.13 bits per heavy atom. The van der Waals surface area contributed by atoms with Crippen molar-refractivity contribution < 1.29 is 4.68 Å². The molecule has 1 aromatic heterocycles. The highest BCUT2D eigenvalue weighted by atomic mass is 15.3. The van der Waals surface area contributed by atoms with Gasteiger partial charge in [0.15, 0.2) is 0 Å². The Bertz CT molecular complexity index is 878. The summed E-state index contributed by atoms with van der Waals surface area (Å²) in [5.41, 5.74) is 2.46. The molecule has 0 saturated heterocycles. The standard InChI is InChI=1S/C21H17N2/c1-3-9-17(10-4-1)21(18-11-5-2-6-12-18)23-16-20-14-8-7-13-19(20)15-22-23/h1-16,21H/q+1. The maximum Gasteiger partial charge on any atom is 0.234 e. The lowest BCUT2D eigenvalue weighted by Crippen LogP contribution is -2.43. The number of fused-ring (bicyclic) bond motifs is 1. The molecule has 23 heavy (non-hydrogen) atoms. The highest BCUT2D eigenvalue weighted by Gasteiger charge is 2.25. The first kappa shape index (κ1) is 13.6. The molecule has 0 unspecified atom stereocenters. The fraction of sp³-hybridized carbons (Fsp3) is 0.0476. The average molecular weight is 297 g/mol. The Balaban J connectivity index is 1.90. The van der Waals surface area contributed by atoms with Crippen molar-refractivity contribution in [1.29, 1.82) is 0 Å². The number of benzene rings is 3. The Kier molecular flexibility index (Phi) is 3.57. The van der Waals surface area contributed by atoms with Gasteiger partial charge in [-0.15, -0.1) is 0 Å². The van der Waals surface area contributed by atoms with E-state index in [-0.39, 0.29) is 6.04 Å². The Morgan fingerprint density at radius 1 is 0.609 bits per heavy atom. The maximum atomic E-state index is 4.68. The number of hydrogen-bond donors (Lipinski definition) is 0. The molecule has 0 N–H and O–H groups in total. The van der Waals surface area contributed by atoms with Gasteiger partial charge in [0, 0.05) is 21.9 Å². The van der Waals surface area contributed by atoms with Crippen LogP contribution in [0, 0.1) is 0 Å². The van der Waals surface area contributed by atoms with Crippen LogP contribution in [0.1, 0.15) is 17.2 Å². The summed E-state index contributed by atoms with van der Waals surface area (Å²) in [6.07, 6.45) is 4.06. The predicted octanol–water partition coefficient (Wildman–Crippen LogP) is 4.16. The molecule has 0 saturated carbocycles. The minimum absolute atomic E-state index is 0.0713. The van der Waals surface area contributed by atoms with E-state index in [1.807, 2.05) is 29.1 Å². The van der Waals surface area contributed by atoms with Gasteiger partial charge in [-0.1, -0.05) is 83.5 Å². The second-order valence-electron chi connectivity index (χ2n) is 5.61. The summed E-state index contributed by atoms with van der Waals surface area (Å²) in [5.74, 6) is 0. The van der Waals surface area contributed by atoms with Gasteiger partial charge in [-0.05, 0) is 11.2 Å². The molecule has 0 amide bonds. The molecule has 1 heterocycles. The molecule has 0 atom stereocenters. The highest BCUT2D eigenvalue weighted by molar-refractivity contribution is 5.79. The first-order chi connectivity index (χ1) is 11.4. The third kappa shape index (κ3) is 2.71. The van der Waals surface area contributed by atoms with Gasteiger partial charge in [0.1, 0.15) is 6.20 Å². The van der Waals surface area contributed by atoms with Gasteiger partial charge in [-0.2, -0.15) is 0 Å². The first-order valence-corrected chi connectivity index (χ1v) is 7.78. The lowest BCUT2D eigenvalue weighted by Gasteiger charge is -2.11. The van der Waals surface area contributed by atoms with Gasteiger partial charge in [-0.25, -0.2) is 0 Å². The van der Waals surface area contributed by atoms with Crippen molar-refractivity contribution in [2.45, 2.75) is 6.04 Å². The topological polar surface area (TPSA) is 16.8 Å². The van der Waals surface area contributed by atoms with Crippen LogP contribution in [-0.4, -0.2) is 5.10 Å². The molecule has 2 heteroatoms.